The van der Waals surface area contributed by atoms with Gasteiger partial charge in [0.1, 0.15) is 0 Å². The number of hydrogen-bond acceptors (Lipinski definition) is 9. The number of anilines is 4. The largest absolute Gasteiger partial charge is 0.504 e. The number of ether oxygens (including phenoxy) is 1. The summed E-state index contributed by atoms with van der Waals surface area (Å²) in [7, 11) is 0. The Morgan fingerprint density at radius 1 is 1.03 bits per heavy atom. The van der Waals surface area contributed by atoms with Gasteiger partial charge in [-0.3, -0.25) is 0 Å². The van der Waals surface area contributed by atoms with Gasteiger partial charge < -0.3 is 20.1 Å². The van der Waals surface area contributed by atoms with E-state index in [0.29, 0.717) is 30.2 Å². The second-order valence-corrected chi connectivity index (χ2v) is 7.35. The van der Waals surface area contributed by atoms with E-state index >= 15 is 0 Å². The normalized spacial score (nSPS) is 13.8. The molecular weight excluding hydrogens is 406 g/mol. The predicted octanol–water partition coefficient (Wildman–Crippen LogP) is 4.16. The van der Waals surface area contributed by atoms with E-state index in [9.17, 15) is 5.11 Å². The highest BCUT2D eigenvalue weighted by molar-refractivity contribution is 5.81. The topological polar surface area (TPSA) is 108 Å². The molecule has 3 N–H and O–H groups in total. The van der Waals surface area contributed by atoms with Crippen LogP contribution in [0.1, 0.15) is 31.7 Å². The maximum Gasteiger partial charge on any atom is 0.250 e. The first kappa shape index (κ1) is 21.4. The van der Waals surface area contributed by atoms with Crippen molar-refractivity contribution in [1.82, 2.24) is 15.0 Å². The lowest BCUT2D eigenvalue weighted by molar-refractivity contribution is 0.318. The van der Waals surface area contributed by atoms with Crippen LogP contribution < -0.4 is 20.4 Å². The van der Waals surface area contributed by atoms with Crippen LogP contribution in [-0.2, 0) is 0 Å². The van der Waals surface area contributed by atoms with Crippen LogP contribution in [0.4, 0.5) is 23.5 Å². The van der Waals surface area contributed by atoms with Crippen LogP contribution in [0.25, 0.3) is 0 Å². The van der Waals surface area contributed by atoms with Crippen molar-refractivity contribution in [3.63, 3.8) is 0 Å². The Kier molecular flexibility index (Phi) is 6.96. The fraction of sp³-hybridized carbons (Fsp3) is 0.304. The monoisotopic (exact) mass is 433 g/mol. The first-order valence-electron chi connectivity index (χ1n) is 10.8. The molecule has 9 heteroatoms. The van der Waals surface area contributed by atoms with Gasteiger partial charge in [0.05, 0.1) is 12.8 Å². The summed E-state index contributed by atoms with van der Waals surface area (Å²) in [6, 6.07) is 14.8. The molecule has 0 unspecified atom stereocenters. The number of para-hydroxylation sites is 1. The van der Waals surface area contributed by atoms with Gasteiger partial charge in [-0.2, -0.15) is 20.1 Å². The molecule has 0 aliphatic carbocycles. The molecule has 1 aliphatic heterocycles. The molecule has 32 heavy (non-hydrogen) atoms. The summed E-state index contributed by atoms with van der Waals surface area (Å²) in [5.41, 5.74) is 4.57. The quantitative estimate of drug-likeness (QED) is 0.359. The molecule has 0 bridgehead atoms. The average Bonchev–Trinajstić information content (AvgIpc) is 2.82. The van der Waals surface area contributed by atoms with E-state index in [2.05, 4.69) is 35.7 Å². The number of aromatic hydroxyl groups is 1. The molecule has 166 valence electrons. The number of nitrogens with one attached hydrogen (secondary N) is 2. The van der Waals surface area contributed by atoms with Crippen LogP contribution >= 0.6 is 0 Å². The van der Waals surface area contributed by atoms with Crippen molar-refractivity contribution in [3.05, 3.63) is 54.1 Å². The zero-order valence-electron chi connectivity index (χ0n) is 18.0. The predicted molar refractivity (Wildman–Crippen MR) is 126 cm³/mol. The molecule has 1 aromatic heterocycles. The highest BCUT2D eigenvalue weighted by atomic mass is 16.5. The van der Waals surface area contributed by atoms with E-state index in [1.54, 1.807) is 24.4 Å². The van der Waals surface area contributed by atoms with E-state index in [-0.39, 0.29) is 5.75 Å². The molecule has 2 aromatic carbocycles. The number of phenolic OH excluding ortho intramolecular Hbond substituents is 1. The molecule has 1 saturated heterocycles. The first-order chi connectivity index (χ1) is 15.7. The SMILES string of the molecule is CCOc1cc(/C=N/Nc2nc(Nc3ccccc3)nc(N3CCCCC3)n2)ccc1O. The van der Waals surface area contributed by atoms with E-state index in [1.165, 1.54) is 6.42 Å². The van der Waals surface area contributed by atoms with Crippen molar-refractivity contribution in [1.29, 1.82) is 0 Å². The second-order valence-electron chi connectivity index (χ2n) is 7.35. The number of hydrazone groups is 1. The third-order valence-electron chi connectivity index (χ3n) is 4.95. The highest BCUT2D eigenvalue weighted by Gasteiger charge is 2.16. The molecule has 9 nitrogen and oxygen atoms in total. The minimum absolute atomic E-state index is 0.0947. The van der Waals surface area contributed by atoms with Crippen molar-refractivity contribution in [2.75, 3.05) is 35.3 Å². The Labute approximate surface area is 187 Å². The van der Waals surface area contributed by atoms with Crippen molar-refractivity contribution >= 4 is 29.7 Å². The Morgan fingerprint density at radius 3 is 2.59 bits per heavy atom. The summed E-state index contributed by atoms with van der Waals surface area (Å²) in [4.78, 5) is 15.8. The molecule has 1 aliphatic rings. The third kappa shape index (κ3) is 5.63. The molecule has 0 saturated carbocycles. The Bertz CT molecular complexity index is 1050. The number of piperidine rings is 1. The summed E-state index contributed by atoms with van der Waals surface area (Å²) >= 11 is 0. The number of hydrogen-bond donors (Lipinski definition) is 3. The molecule has 3 aromatic rings. The van der Waals surface area contributed by atoms with Gasteiger partial charge in [-0.25, -0.2) is 5.43 Å². The van der Waals surface area contributed by atoms with E-state index in [4.69, 9.17) is 4.74 Å². The number of nitrogens with zero attached hydrogens (tertiary/aromatic N) is 5. The minimum Gasteiger partial charge on any atom is -0.504 e. The summed E-state index contributed by atoms with van der Waals surface area (Å²) in [5.74, 6) is 1.93. The molecular formula is C23H27N7O2. The molecule has 0 spiro atoms. The summed E-state index contributed by atoms with van der Waals surface area (Å²) < 4.78 is 5.42. The van der Waals surface area contributed by atoms with Crippen LogP contribution in [0.15, 0.2) is 53.6 Å². The third-order valence-corrected chi connectivity index (χ3v) is 4.95. The van der Waals surface area contributed by atoms with E-state index < -0.39 is 0 Å². The maximum atomic E-state index is 9.85. The van der Waals surface area contributed by atoms with Gasteiger partial charge in [0.2, 0.25) is 17.8 Å². The Hall–Kier alpha value is -3.88. The minimum atomic E-state index is 0.0947. The van der Waals surface area contributed by atoms with Gasteiger partial charge in [-0.15, -0.1) is 0 Å². The highest BCUT2D eigenvalue weighted by Crippen LogP contribution is 2.26. The zero-order chi connectivity index (χ0) is 22.2. The number of aromatic nitrogens is 3. The van der Waals surface area contributed by atoms with Crippen LogP contribution in [0.2, 0.25) is 0 Å². The Balaban J connectivity index is 1.54. The van der Waals surface area contributed by atoms with Gasteiger partial charge in [0.15, 0.2) is 11.5 Å². The summed E-state index contributed by atoms with van der Waals surface area (Å²) in [6.45, 7) is 4.17. The summed E-state index contributed by atoms with van der Waals surface area (Å²) in [6.07, 6.45) is 5.09. The van der Waals surface area contributed by atoms with Crippen molar-refractivity contribution < 1.29 is 9.84 Å². The van der Waals surface area contributed by atoms with E-state index in [1.807, 2.05) is 37.3 Å². The van der Waals surface area contributed by atoms with Crippen molar-refractivity contribution in [2.24, 2.45) is 5.10 Å². The van der Waals surface area contributed by atoms with Gasteiger partial charge in [-0.05, 0) is 62.1 Å². The molecule has 0 radical (unpaired) electrons. The first-order valence-corrected chi connectivity index (χ1v) is 10.8. The van der Waals surface area contributed by atoms with Gasteiger partial charge >= 0.3 is 0 Å². The van der Waals surface area contributed by atoms with Crippen LogP contribution in [0.3, 0.4) is 0 Å². The van der Waals surface area contributed by atoms with Crippen LogP contribution in [0, 0.1) is 0 Å². The number of rotatable bonds is 8. The zero-order valence-corrected chi connectivity index (χ0v) is 18.0. The molecule has 0 amide bonds. The number of phenols is 1. The number of benzene rings is 2. The van der Waals surface area contributed by atoms with Crippen LogP contribution in [-0.4, -0.2) is 46.0 Å². The lowest BCUT2D eigenvalue weighted by atomic mass is 10.1. The van der Waals surface area contributed by atoms with Crippen LogP contribution in [0.5, 0.6) is 11.5 Å². The molecule has 4 rings (SSSR count). The molecule has 0 atom stereocenters. The fourth-order valence-electron chi connectivity index (χ4n) is 3.40. The molecule has 2 heterocycles. The average molecular weight is 434 g/mol. The standard InChI is InChI=1S/C23H27N7O2/c1-2-32-20-15-17(11-12-19(20)31)16-24-29-22-26-21(25-18-9-5-3-6-10-18)27-23(28-22)30-13-7-4-8-14-30/h3,5-6,9-12,15-16,31H,2,4,7-8,13-14H2,1H3,(H2,25,26,27,28,29)/b24-16+. The van der Waals surface area contributed by atoms with Crippen molar-refractivity contribution in [2.45, 2.75) is 26.2 Å². The lowest BCUT2D eigenvalue weighted by Crippen LogP contribution is -2.31. The molecule has 1 fully saturated rings. The van der Waals surface area contributed by atoms with Crippen molar-refractivity contribution in [3.8, 4) is 11.5 Å². The second kappa shape index (κ2) is 10.4. The van der Waals surface area contributed by atoms with Gasteiger partial charge in [0, 0.05) is 18.8 Å². The van der Waals surface area contributed by atoms with Gasteiger partial charge in [0.25, 0.3) is 0 Å². The van der Waals surface area contributed by atoms with Gasteiger partial charge in [-0.1, -0.05) is 18.2 Å². The maximum absolute atomic E-state index is 9.85. The summed E-state index contributed by atoms with van der Waals surface area (Å²) in [5, 5.41) is 17.4. The lowest BCUT2D eigenvalue weighted by Gasteiger charge is -2.26. The van der Waals surface area contributed by atoms with E-state index in [0.717, 1.165) is 37.2 Å². The fourth-order valence-corrected chi connectivity index (χ4v) is 3.40. The Morgan fingerprint density at radius 2 is 1.81 bits per heavy atom. The smallest absolute Gasteiger partial charge is 0.250 e.